The lowest BCUT2D eigenvalue weighted by Crippen LogP contribution is -2.57. The second-order valence-corrected chi connectivity index (χ2v) is 14.0. The quantitative estimate of drug-likeness (QED) is 0.161. The van der Waals surface area contributed by atoms with Crippen LogP contribution in [0.2, 0.25) is 10.0 Å². The second-order valence-electron chi connectivity index (χ2n) is 11.1. The van der Waals surface area contributed by atoms with Crippen LogP contribution in [0.4, 0.5) is 10.3 Å². The van der Waals surface area contributed by atoms with E-state index in [9.17, 15) is 9.59 Å². The molecule has 0 saturated carbocycles. The summed E-state index contributed by atoms with van der Waals surface area (Å²) < 4.78 is 2.07. The Labute approximate surface area is 271 Å². The van der Waals surface area contributed by atoms with Crippen LogP contribution in [0.25, 0.3) is 20.4 Å². The zero-order valence-corrected chi connectivity index (χ0v) is 26.3. The fourth-order valence-corrected chi connectivity index (χ4v) is 8.72. The van der Waals surface area contributed by atoms with Gasteiger partial charge in [0, 0.05) is 10.0 Å². The molecule has 4 atom stereocenters. The van der Waals surface area contributed by atoms with E-state index in [-0.39, 0.29) is 35.7 Å². The molecule has 2 aliphatic heterocycles. The molecule has 6 nitrogen and oxygen atoms in total. The Morgan fingerprint density at radius 1 is 0.568 bits per heavy atom. The van der Waals surface area contributed by atoms with Gasteiger partial charge in [-0.25, -0.2) is 9.97 Å². The van der Waals surface area contributed by atoms with E-state index < -0.39 is 0 Å². The van der Waals surface area contributed by atoms with Crippen molar-refractivity contribution in [2.24, 2.45) is 11.8 Å². The van der Waals surface area contributed by atoms with E-state index in [0.717, 1.165) is 31.6 Å². The smallest absolute Gasteiger partial charge is 0.234 e. The zero-order valence-electron chi connectivity index (χ0n) is 23.1. The van der Waals surface area contributed by atoms with Crippen molar-refractivity contribution in [3.05, 3.63) is 118 Å². The largest absolute Gasteiger partial charge is 0.279 e. The number of nitrogens with zero attached hydrogens (tertiary/aromatic N) is 4. The van der Waals surface area contributed by atoms with Crippen molar-refractivity contribution in [2.75, 3.05) is 9.80 Å². The maximum atomic E-state index is 13.8. The molecule has 2 amide bonds. The fraction of sp³-hybridized carbons (Fsp3) is 0.176. The van der Waals surface area contributed by atoms with Crippen molar-refractivity contribution < 1.29 is 9.59 Å². The maximum absolute atomic E-state index is 13.8. The number of thiazole rings is 2. The molecule has 4 aromatic carbocycles. The first-order valence-electron chi connectivity index (χ1n) is 14.3. The second kappa shape index (κ2) is 11.0. The van der Waals surface area contributed by atoms with E-state index >= 15 is 0 Å². The summed E-state index contributed by atoms with van der Waals surface area (Å²) in [5, 5.41) is 2.66. The van der Waals surface area contributed by atoms with Gasteiger partial charge in [0.15, 0.2) is 10.3 Å². The third kappa shape index (κ3) is 4.59. The SMILES string of the molecule is O=C1C(CCC2C(=O)N(c3nc4ccccc4s3)C2c2ccc(Cl)cc2)C(c2ccc(Cl)cc2)N1c1nc2ccccc2s1. The monoisotopic (exact) mass is 654 g/mol. The molecule has 8 rings (SSSR count). The van der Waals surface area contributed by atoms with Crippen LogP contribution in [0.15, 0.2) is 97.1 Å². The first-order valence-corrected chi connectivity index (χ1v) is 16.7. The zero-order chi connectivity index (χ0) is 29.9. The van der Waals surface area contributed by atoms with Gasteiger partial charge in [0.1, 0.15) is 0 Å². The van der Waals surface area contributed by atoms with Gasteiger partial charge < -0.3 is 0 Å². The number of rotatable bonds is 7. The van der Waals surface area contributed by atoms with Gasteiger partial charge in [0.05, 0.1) is 44.4 Å². The summed E-state index contributed by atoms with van der Waals surface area (Å²) in [4.78, 5) is 40.8. The molecular weight excluding hydrogens is 631 g/mol. The van der Waals surface area contributed by atoms with Gasteiger partial charge in [-0.15, -0.1) is 0 Å². The topological polar surface area (TPSA) is 66.4 Å². The van der Waals surface area contributed by atoms with E-state index in [0.29, 0.717) is 33.2 Å². The molecule has 10 heteroatoms. The average molecular weight is 656 g/mol. The molecule has 6 aromatic rings. The van der Waals surface area contributed by atoms with E-state index in [2.05, 4.69) is 0 Å². The van der Waals surface area contributed by atoms with Crippen LogP contribution in [0.1, 0.15) is 36.1 Å². The van der Waals surface area contributed by atoms with Gasteiger partial charge in [-0.05, 0) is 72.5 Å². The number of carbonyl (C=O) groups excluding carboxylic acids is 2. The van der Waals surface area contributed by atoms with Crippen molar-refractivity contribution in [3.8, 4) is 0 Å². The van der Waals surface area contributed by atoms with Crippen molar-refractivity contribution in [1.29, 1.82) is 0 Å². The molecule has 2 aliphatic rings. The molecule has 44 heavy (non-hydrogen) atoms. The molecule has 0 radical (unpaired) electrons. The predicted molar refractivity (Wildman–Crippen MR) is 179 cm³/mol. The number of benzene rings is 4. The van der Waals surface area contributed by atoms with E-state index in [1.54, 1.807) is 0 Å². The van der Waals surface area contributed by atoms with Crippen LogP contribution in [0.3, 0.4) is 0 Å². The number of hydrogen-bond acceptors (Lipinski definition) is 6. The van der Waals surface area contributed by atoms with Gasteiger partial charge in [-0.1, -0.05) is 94.4 Å². The minimum absolute atomic E-state index is 0.0295. The van der Waals surface area contributed by atoms with E-state index in [1.807, 2.05) is 107 Å². The minimum atomic E-state index is -0.279. The fourth-order valence-electron chi connectivity index (χ4n) is 6.45. The molecule has 0 aliphatic carbocycles. The lowest BCUT2D eigenvalue weighted by Gasteiger charge is -2.49. The molecule has 4 heterocycles. The molecule has 2 aromatic heterocycles. The summed E-state index contributed by atoms with van der Waals surface area (Å²) in [6.07, 6.45) is 1.14. The number of anilines is 2. The van der Waals surface area contributed by atoms with Crippen LogP contribution < -0.4 is 9.80 Å². The van der Waals surface area contributed by atoms with Gasteiger partial charge in [-0.3, -0.25) is 19.4 Å². The Kier molecular flexibility index (Phi) is 6.90. The predicted octanol–water partition coefficient (Wildman–Crippen LogP) is 9.10. The lowest BCUT2D eigenvalue weighted by molar-refractivity contribution is -0.134. The van der Waals surface area contributed by atoms with Crippen molar-refractivity contribution >= 4 is 88.4 Å². The molecular formula is C34H24Cl2N4O2S2. The Balaban J connectivity index is 1.09. The number of aromatic nitrogens is 2. The molecule has 4 unspecified atom stereocenters. The number of halogens is 2. The van der Waals surface area contributed by atoms with Crippen LogP contribution in [0.5, 0.6) is 0 Å². The Hall–Kier alpha value is -3.82. The Morgan fingerprint density at radius 2 is 0.955 bits per heavy atom. The molecule has 218 valence electrons. The summed E-state index contributed by atoms with van der Waals surface area (Å²) in [6.45, 7) is 0. The number of amides is 2. The standard InChI is InChI=1S/C34H24Cl2N4O2S2/c35-21-13-9-19(10-14-21)29-23(31(41)39(29)33-37-25-5-1-3-7-27(25)43-33)17-18-24-30(20-11-15-22(36)16-12-20)40(32(24)42)34-38-26-6-2-4-8-28(26)44-34/h1-16,23-24,29-30H,17-18H2. The highest BCUT2D eigenvalue weighted by molar-refractivity contribution is 7.22. The normalized spacial score (nSPS) is 21.6. The highest BCUT2D eigenvalue weighted by Gasteiger charge is 2.53. The van der Waals surface area contributed by atoms with E-state index in [1.165, 1.54) is 22.7 Å². The summed E-state index contributed by atoms with van der Waals surface area (Å²) in [5.41, 5.74) is 3.76. The third-order valence-electron chi connectivity index (χ3n) is 8.62. The van der Waals surface area contributed by atoms with Gasteiger partial charge in [0.2, 0.25) is 11.8 Å². The van der Waals surface area contributed by atoms with Gasteiger partial charge in [-0.2, -0.15) is 0 Å². The highest BCUT2D eigenvalue weighted by Crippen LogP contribution is 2.52. The lowest BCUT2D eigenvalue weighted by atomic mass is 9.74. The maximum Gasteiger partial charge on any atom is 0.234 e. The van der Waals surface area contributed by atoms with Crippen LogP contribution in [-0.2, 0) is 9.59 Å². The third-order valence-corrected chi connectivity index (χ3v) is 11.2. The van der Waals surface area contributed by atoms with Crippen molar-refractivity contribution in [1.82, 2.24) is 9.97 Å². The van der Waals surface area contributed by atoms with Crippen LogP contribution >= 0.6 is 45.9 Å². The summed E-state index contributed by atoms with van der Waals surface area (Å²) in [5.74, 6) is -0.500. The molecule has 2 fully saturated rings. The highest BCUT2D eigenvalue weighted by atomic mass is 35.5. The van der Waals surface area contributed by atoms with Gasteiger partial charge in [0.25, 0.3) is 0 Å². The van der Waals surface area contributed by atoms with Gasteiger partial charge >= 0.3 is 0 Å². The Bertz CT molecular complexity index is 1830. The average Bonchev–Trinajstić information content (AvgIpc) is 3.65. The molecule has 0 bridgehead atoms. The Morgan fingerprint density at radius 3 is 1.34 bits per heavy atom. The summed E-state index contributed by atoms with van der Waals surface area (Å²) in [6, 6.07) is 30.8. The van der Waals surface area contributed by atoms with E-state index in [4.69, 9.17) is 33.2 Å². The van der Waals surface area contributed by atoms with Crippen molar-refractivity contribution in [2.45, 2.75) is 24.9 Å². The first kappa shape index (κ1) is 27.7. The number of fused-ring (bicyclic) bond motifs is 2. The van der Waals surface area contributed by atoms with Crippen molar-refractivity contribution in [3.63, 3.8) is 0 Å². The molecule has 2 saturated heterocycles. The number of hydrogen-bond donors (Lipinski definition) is 0. The first-order chi connectivity index (χ1) is 21.5. The molecule has 0 N–H and O–H groups in total. The molecule has 0 spiro atoms. The summed E-state index contributed by atoms with van der Waals surface area (Å²) in [7, 11) is 0. The van der Waals surface area contributed by atoms with Crippen LogP contribution in [0, 0.1) is 11.8 Å². The number of carbonyl (C=O) groups is 2. The number of para-hydroxylation sites is 2. The minimum Gasteiger partial charge on any atom is -0.279 e. The summed E-state index contributed by atoms with van der Waals surface area (Å²) >= 11 is 15.5. The number of β-lactam (4-membered cyclic amide) rings is 2. The van der Waals surface area contributed by atoms with Crippen LogP contribution in [-0.4, -0.2) is 21.8 Å².